The van der Waals surface area contributed by atoms with Crippen molar-refractivity contribution in [3.63, 3.8) is 0 Å². The summed E-state index contributed by atoms with van der Waals surface area (Å²) in [5.41, 5.74) is 6.59. The molecule has 4 N–H and O–H groups in total. The van der Waals surface area contributed by atoms with Crippen molar-refractivity contribution in [2.24, 2.45) is 0 Å². The number of benzene rings is 1. The molecular formula is C14H20ClN3O3. The third-order valence-corrected chi connectivity index (χ3v) is 2.90. The summed E-state index contributed by atoms with van der Waals surface area (Å²) in [6, 6.07) is 2.98. The molecule has 0 aromatic heterocycles. The van der Waals surface area contributed by atoms with E-state index < -0.39 is 5.97 Å². The van der Waals surface area contributed by atoms with Gasteiger partial charge in [-0.05, 0) is 25.5 Å². The van der Waals surface area contributed by atoms with E-state index in [4.69, 9.17) is 22.1 Å². The van der Waals surface area contributed by atoms with Gasteiger partial charge >= 0.3 is 5.97 Å². The lowest BCUT2D eigenvalue weighted by Gasteiger charge is -2.14. The Bertz CT molecular complexity index is 520. The number of halogens is 1. The van der Waals surface area contributed by atoms with Crippen molar-refractivity contribution in [1.82, 2.24) is 5.32 Å². The van der Waals surface area contributed by atoms with Crippen LogP contribution >= 0.6 is 11.6 Å². The van der Waals surface area contributed by atoms with Crippen molar-refractivity contribution in [3.8, 4) is 0 Å². The maximum absolute atomic E-state index is 11.9. The topological polar surface area (TPSA) is 93.5 Å². The molecule has 0 aliphatic rings. The van der Waals surface area contributed by atoms with Crippen LogP contribution < -0.4 is 16.4 Å². The summed E-state index contributed by atoms with van der Waals surface area (Å²) in [5, 5.41) is 5.84. The molecule has 1 amide bonds. The smallest absolute Gasteiger partial charge is 0.340 e. The molecule has 0 unspecified atom stereocenters. The first-order valence-corrected chi connectivity index (χ1v) is 7.14. The molecular weight excluding hydrogens is 294 g/mol. The second kappa shape index (κ2) is 8.36. The van der Waals surface area contributed by atoms with Crippen molar-refractivity contribution >= 4 is 34.9 Å². The van der Waals surface area contributed by atoms with Gasteiger partial charge < -0.3 is 21.1 Å². The van der Waals surface area contributed by atoms with E-state index in [0.717, 1.165) is 6.42 Å². The number of amides is 1. The van der Waals surface area contributed by atoms with Gasteiger partial charge in [-0.25, -0.2) is 4.79 Å². The minimum absolute atomic E-state index is 0.00996. The van der Waals surface area contributed by atoms with Gasteiger partial charge in [-0.15, -0.1) is 0 Å². The summed E-state index contributed by atoms with van der Waals surface area (Å²) in [7, 11) is 0. The molecule has 7 heteroatoms. The van der Waals surface area contributed by atoms with E-state index in [1.807, 2.05) is 6.92 Å². The van der Waals surface area contributed by atoms with Gasteiger partial charge in [-0.1, -0.05) is 18.5 Å². The maximum atomic E-state index is 11.9. The van der Waals surface area contributed by atoms with Crippen LogP contribution in [0.15, 0.2) is 12.1 Å². The van der Waals surface area contributed by atoms with Crippen LogP contribution in [-0.2, 0) is 9.53 Å². The SMILES string of the molecule is CCCNC(=O)CNc1c(Cl)cc(N)cc1C(=O)OCC. The molecule has 0 saturated heterocycles. The molecule has 1 aromatic rings. The number of esters is 1. The largest absolute Gasteiger partial charge is 0.462 e. The minimum Gasteiger partial charge on any atom is -0.462 e. The first kappa shape index (κ1) is 17.1. The first-order chi connectivity index (χ1) is 9.99. The zero-order valence-corrected chi connectivity index (χ0v) is 12.9. The number of nitrogens with one attached hydrogen (secondary N) is 2. The number of carbonyl (C=O) groups excluding carboxylic acids is 2. The molecule has 0 spiro atoms. The molecule has 116 valence electrons. The highest BCUT2D eigenvalue weighted by Gasteiger charge is 2.17. The van der Waals surface area contributed by atoms with E-state index in [2.05, 4.69) is 10.6 Å². The Balaban J connectivity index is 2.89. The second-order valence-electron chi connectivity index (χ2n) is 4.35. The zero-order valence-electron chi connectivity index (χ0n) is 12.2. The van der Waals surface area contributed by atoms with Crippen LogP contribution in [0.3, 0.4) is 0 Å². The summed E-state index contributed by atoms with van der Waals surface area (Å²) in [5.74, 6) is -0.720. The third kappa shape index (κ3) is 5.15. The van der Waals surface area contributed by atoms with Gasteiger partial charge in [0.1, 0.15) is 0 Å². The highest BCUT2D eigenvalue weighted by molar-refractivity contribution is 6.34. The Morgan fingerprint density at radius 3 is 2.67 bits per heavy atom. The molecule has 0 fully saturated rings. The van der Waals surface area contributed by atoms with Crippen LogP contribution in [0.2, 0.25) is 5.02 Å². The van der Waals surface area contributed by atoms with Crippen molar-refractivity contribution < 1.29 is 14.3 Å². The van der Waals surface area contributed by atoms with Crippen LogP contribution in [0.5, 0.6) is 0 Å². The number of carbonyl (C=O) groups is 2. The fourth-order valence-corrected chi connectivity index (χ4v) is 1.97. The fraction of sp³-hybridized carbons (Fsp3) is 0.429. The molecule has 0 bridgehead atoms. The molecule has 1 rings (SSSR count). The molecule has 21 heavy (non-hydrogen) atoms. The van der Waals surface area contributed by atoms with Crippen LogP contribution in [-0.4, -0.2) is 31.6 Å². The van der Waals surface area contributed by atoms with Gasteiger partial charge in [0.2, 0.25) is 5.91 Å². The molecule has 0 aliphatic carbocycles. The van der Waals surface area contributed by atoms with Crippen molar-refractivity contribution in [2.75, 3.05) is 30.7 Å². The lowest BCUT2D eigenvalue weighted by Crippen LogP contribution is -2.30. The lowest BCUT2D eigenvalue weighted by atomic mass is 10.1. The zero-order chi connectivity index (χ0) is 15.8. The van der Waals surface area contributed by atoms with Crippen LogP contribution in [0.4, 0.5) is 11.4 Å². The monoisotopic (exact) mass is 313 g/mol. The molecule has 6 nitrogen and oxygen atoms in total. The van der Waals surface area contributed by atoms with Crippen LogP contribution in [0.25, 0.3) is 0 Å². The van der Waals surface area contributed by atoms with Crippen molar-refractivity contribution in [1.29, 1.82) is 0 Å². The Kier molecular flexibility index (Phi) is 6.81. The van der Waals surface area contributed by atoms with E-state index in [-0.39, 0.29) is 29.6 Å². The van der Waals surface area contributed by atoms with Crippen LogP contribution in [0.1, 0.15) is 30.6 Å². The summed E-state index contributed by atoms with van der Waals surface area (Å²) >= 11 is 6.08. The quantitative estimate of drug-likeness (QED) is 0.529. The Morgan fingerprint density at radius 2 is 2.05 bits per heavy atom. The summed E-state index contributed by atoms with van der Waals surface area (Å²) in [4.78, 5) is 23.5. The van der Waals surface area contributed by atoms with E-state index in [0.29, 0.717) is 17.9 Å². The first-order valence-electron chi connectivity index (χ1n) is 6.76. The van der Waals surface area contributed by atoms with E-state index in [1.54, 1.807) is 6.92 Å². The Hall–Kier alpha value is -1.95. The van der Waals surface area contributed by atoms with E-state index >= 15 is 0 Å². The third-order valence-electron chi connectivity index (χ3n) is 2.61. The number of hydrogen-bond donors (Lipinski definition) is 3. The number of nitrogen functional groups attached to an aromatic ring is 1. The highest BCUT2D eigenvalue weighted by atomic mass is 35.5. The number of anilines is 2. The lowest BCUT2D eigenvalue weighted by molar-refractivity contribution is -0.119. The molecule has 0 heterocycles. The van der Waals surface area contributed by atoms with Gasteiger partial charge in [0.15, 0.2) is 0 Å². The minimum atomic E-state index is -0.539. The number of nitrogens with two attached hydrogens (primary N) is 1. The van der Waals surface area contributed by atoms with Gasteiger partial charge in [0.25, 0.3) is 0 Å². The number of ether oxygens (including phenoxy) is 1. The van der Waals surface area contributed by atoms with Gasteiger partial charge in [0, 0.05) is 12.2 Å². The maximum Gasteiger partial charge on any atom is 0.340 e. The molecule has 1 aromatic carbocycles. The van der Waals surface area contributed by atoms with Gasteiger partial charge in [0.05, 0.1) is 29.4 Å². The molecule has 0 saturated carbocycles. The predicted molar refractivity (Wildman–Crippen MR) is 83.6 cm³/mol. The standard InChI is InChI=1S/C14H20ClN3O3/c1-3-5-17-12(19)8-18-13-10(14(20)21-4-2)6-9(16)7-11(13)15/h6-7,18H,3-5,8,16H2,1-2H3,(H,17,19). The highest BCUT2D eigenvalue weighted by Crippen LogP contribution is 2.29. The Morgan fingerprint density at radius 1 is 1.33 bits per heavy atom. The van der Waals surface area contributed by atoms with Gasteiger partial charge in [-0.2, -0.15) is 0 Å². The predicted octanol–water partition coefficient (Wildman–Crippen LogP) is 2.04. The van der Waals surface area contributed by atoms with Crippen molar-refractivity contribution in [2.45, 2.75) is 20.3 Å². The average Bonchev–Trinajstić information content (AvgIpc) is 2.43. The number of rotatable bonds is 7. The molecule has 0 atom stereocenters. The summed E-state index contributed by atoms with van der Waals surface area (Å²) in [6.07, 6.45) is 0.850. The van der Waals surface area contributed by atoms with Crippen LogP contribution in [0, 0.1) is 0 Å². The Labute approximate surface area is 129 Å². The summed E-state index contributed by atoms with van der Waals surface area (Å²) < 4.78 is 4.96. The fourth-order valence-electron chi connectivity index (χ4n) is 1.67. The average molecular weight is 314 g/mol. The normalized spacial score (nSPS) is 10.0. The number of hydrogen-bond acceptors (Lipinski definition) is 5. The molecule has 0 aliphatic heterocycles. The van der Waals surface area contributed by atoms with E-state index in [1.165, 1.54) is 12.1 Å². The molecule has 0 radical (unpaired) electrons. The summed E-state index contributed by atoms with van der Waals surface area (Å²) in [6.45, 7) is 4.51. The van der Waals surface area contributed by atoms with Gasteiger partial charge in [-0.3, -0.25) is 4.79 Å². The second-order valence-corrected chi connectivity index (χ2v) is 4.76. The van der Waals surface area contributed by atoms with Crippen molar-refractivity contribution in [3.05, 3.63) is 22.7 Å². The van der Waals surface area contributed by atoms with E-state index in [9.17, 15) is 9.59 Å².